The summed E-state index contributed by atoms with van der Waals surface area (Å²) >= 11 is 0. The first-order valence-electron chi connectivity index (χ1n) is 15.1. The van der Waals surface area contributed by atoms with Crippen molar-refractivity contribution in [3.05, 3.63) is 0 Å². The summed E-state index contributed by atoms with van der Waals surface area (Å²) in [7, 11) is 1.57. The van der Waals surface area contributed by atoms with E-state index < -0.39 is 35.0 Å². The van der Waals surface area contributed by atoms with Crippen molar-refractivity contribution < 1.29 is 43.2 Å². The number of esters is 2. The third-order valence-corrected chi connectivity index (χ3v) is 9.19. The van der Waals surface area contributed by atoms with Gasteiger partial charge in [0.05, 0.1) is 42.5 Å². The molecule has 2 saturated carbocycles. The molecule has 2 aliphatic carbocycles. The third-order valence-electron chi connectivity index (χ3n) is 9.19. The standard InChI is InChI=1S/C30H51NO9/c1-6-29(7-2,8-3)28(36)40-21(4)39-26(34)23(20-38-18-17-37-5)19-30(15-9-10-16-30)27(35)31-24-13-11-22(12-14-24)25(32)33/h21-24H,6-20H2,1-5H3,(H,31,35)(H,32,33). The van der Waals surface area contributed by atoms with Crippen LogP contribution >= 0.6 is 0 Å². The lowest BCUT2D eigenvalue weighted by Crippen LogP contribution is -2.47. The Bertz CT molecular complexity index is 819. The van der Waals surface area contributed by atoms with Crippen LogP contribution in [0.2, 0.25) is 0 Å². The van der Waals surface area contributed by atoms with Gasteiger partial charge in [-0.3, -0.25) is 19.2 Å². The van der Waals surface area contributed by atoms with Crippen LogP contribution in [-0.4, -0.2) is 68.2 Å². The molecule has 230 valence electrons. The highest BCUT2D eigenvalue weighted by molar-refractivity contribution is 5.84. The highest BCUT2D eigenvalue weighted by atomic mass is 16.7. The van der Waals surface area contributed by atoms with Crippen LogP contribution in [0.4, 0.5) is 0 Å². The number of hydrogen-bond acceptors (Lipinski definition) is 8. The molecule has 0 radical (unpaired) electrons. The Labute approximate surface area is 239 Å². The second-order valence-electron chi connectivity index (χ2n) is 11.6. The van der Waals surface area contributed by atoms with E-state index in [1.807, 2.05) is 20.8 Å². The lowest BCUT2D eigenvalue weighted by Gasteiger charge is -2.35. The van der Waals surface area contributed by atoms with Crippen molar-refractivity contribution in [1.29, 1.82) is 0 Å². The van der Waals surface area contributed by atoms with E-state index in [1.165, 1.54) is 6.92 Å². The molecule has 0 spiro atoms. The molecule has 0 aromatic carbocycles. The molecule has 10 heteroatoms. The van der Waals surface area contributed by atoms with Crippen LogP contribution in [0, 0.1) is 22.7 Å². The first-order valence-corrected chi connectivity index (χ1v) is 15.1. The lowest BCUT2D eigenvalue weighted by molar-refractivity contribution is -0.196. The van der Waals surface area contributed by atoms with Gasteiger partial charge in [0, 0.05) is 20.1 Å². The second-order valence-corrected chi connectivity index (χ2v) is 11.6. The van der Waals surface area contributed by atoms with Gasteiger partial charge in [-0.2, -0.15) is 0 Å². The first kappa shape index (κ1) is 34.0. The molecule has 1 amide bonds. The predicted octanol–water partition coefficient (Wildman–Crippen LogP) is 4.62. The van der Waals surface area contributed by atoms with Gasteiger partial charge in [-0.25, -0.2) is 0 Å². The van der Waals surface area contributed by atoms with E-state index in [4.69, 9.17) is 18.9 Å². The summed E-state index contributed by atoms with van der Waals surface area (Å²) in [6.07, 6.45) is 6.50. The highest BCUT2D eigenvalue weighted by Crippen LogP contribution is 2.44. The van der Waals surface area contributed by atoms with Crippen LogP contribution in [0.15, 0.2) is 0 Å². The van der Waals surface area contributed by atoms with Crippen LogP contribution in [0.5, 0.6) is 0 Å². The fraction of sp³-hybridized carbons (Fsp3) is 0.867. The molecular formula is C30H51NO9. The molecule has 0 aliphatic heterocycles. The summed E-state index contributed by atoms with van der Waals surface area (Å²) in [5, 5.41) is 12.5. The molecule has 40 heavy (non-hydrogen) atoms. The molecule has 0 saturated heterocycles. The Morgan fingerprint density at radius 1 is 0.950 bits per heavy atom. The molecule has 2 fully saturated rings. The minimum Gasteiger partial charge on any atom is -0.481 e. The van der Waals surface area contributed by atoms with Gasteiger partial charge < -0.3 is 29.4 Å². The van der Waals surface area contributed by atoms with Gasteiger partial charge in [-0.05, 0) is 64.2 Å². The van der Waals surface area contributed by atoms with Gasteiger partial charge >= 0.3 is 17.9 Å². The van der Waals surface area contributed by atoms with Gasteiger partial charge in [-0.1, -0.05) is 33.6 Å². The molecule has 2 rings (SSSR count). The Balaban J connectivity index is 2.10. The van der Waals surface area contributed by atoms with Crippen molar-refractivity contribution in [3.63, 3.8) is 0 Å². The zero-order valence-electron chi connectivity index (χ0n) is 25.1. The van der Waals surface area contributed by atoms with Crippen LogP contribution in [-0.2, 0) is 38.1 Å². The number of rotatable bonds is 17. The van der Waals surface area contributed by atoms with Gasteiger partial charge in [0.15, 0.2) is 0 Å². The molecule has 2 N–H and O–H groups in total. The van der Waals surface area contributed by atoms with E-state index in [9.17, 15) is 24.3 Å². The molecule has 10 nitrogen and oxygen atoms in total. The summed E-state index contributed by atoms with van der Waals surface area (Å²) in [6, 6.07) is -0.0701. The monoisotopic (exact) mass is 569 g/mol. The SMILES string of the molecule is CCC(CC)(CC)C(=O)OC(C)OC(=O)C(COCCOC)CC1(C(=O)NC2CCC(C(=O)O)CC2)CCCC1. The van der Waals surface area contributed by atoms with Crippen molar-refractivity contribution in [2.24, 2.45) is 22.7 Å². The predicted molar refractivity (Wildman–Crippen MR) is 148 cm³/mol. The van der Waals surface area contributed by atoms with Crippen LogP contribution < -0.4 is 5.32 Å². The Morgan fingerprint density at radius 2 is 1.55 bits per heavy atom. The zero-order chi connectivity index (χ0) is 29.8. The maximum Gasteiger partial charge on any atom is 0.315 e. The molecule has 2 unspecified atom stereocenters. The smallest absolute Gasteiger partial charge is 0.315 e. The molecule has 0 heterocycles. The van der Waals surface area contributed by atoms with Crippen molar-refractivity contribution in [3.8, 4) is 0 Å². The molecule has 0 aromatic heterocycles. The van der Waals surface area contributed by atoms with Gasteiger partial charge in [0.1, 0.15) is 0 Å². The number of nitrogens with one attached hydrogen (secondary N) is 1. The minimum absolute atomic E-state index is 0.0599. The third kappa shape index (κ3) is 9.16. The minimum atomic E-state index is -1.07. The van der Waals surface area contributed by atoms with E-state index in [1.54, 1.807) is 7.11 Å². The normalized spacial score (nSPS) is 22.2. The van der Waals surface area contributed by atoms with Crippen LogP contribution in [0.3, 0.4) is 0 Å². The number of carboxylic acid groups (broad SMARTS) is 1. The Morgan fingerprint density at radius 3 is 2.08 bits per heavy atom. The topological polar surface area (TPSA) is 137 Å². The van der Waals surface area contributed by atoms with Crippen molar-refractivity contribution in [1.82, 2.24) is 5.32 Å². The van der Waals surface area contributed by atoms with E-state index >= 15 is 0 Å². The number of carbonyl (C=O) groups is 4. The molecular weight excluding hydrogens is 518 g/mol. The number of carbonyl (C=O) groups excluding carboxylic acids is 3. The van der Waals surface area contributed by atoms with Crippen molar-refractivity contribution >= 4 is 23.8 Å². The first-order chi connectivity index (χ1) is 19.1. The maximum absolute atomic E-state index is 13.7. The molecule has 0 bridgehead atoms. The second kappa shape index (κ2) is 16.3. The van der Waals surface area contributed by atoms with Crippen molar-refractivity contribution in [2.45, 2.75) is 117 Å². The van der Waals surface area contributed by atoms with Crippen LogP contribution in [0.25, 0.3) is 0 Å². The van der Waals surface area contributed by atoms with E-state index in [2.05, 4.69) is 5.32 Å². The Hall–Kier alpha value is -2.20. The average molecular weight is 570 g/mol. The highest BCUT2D eigenvalue weighted by Gasteiger charge is 2.46. The van der Waals surface area contributed by atoms with Crippen molar-refractivity contribution in [2.75, 3.05) is 26.9 Å². The summed E-state index contributed by atoms with van der Waals surface area (Å²) in [4.78, 5) is 51.2. The van der Waals surface area contributed by atoms with Gasteiger partial charge in [-0.15, -0.1) is 0 Å². The molecule has 2 aliphatic rings. The van der Waals surface area contributed by atoms with Crippen LogP contribution in [0.1, 0.15) is 105 Å². The van der Waals surface area contributed by atoms with E-state index in [-0.39, 0.29) is 36.9 Å². The average Bonchev–Trinajstić information content (AvgIpc) is 3.42. The lowest BCUT2D eigenvalue weighted by atomic mass is 9.76. The number of hydrogen-bond donors (Lipinski definition) is 2. The summed E-state index contributed by atoms with van der Waals surface area (Å²) < 4.78 is 21.9. The summed E-state index contributed by atoms with van der Waals surface area (Å²) in [5.41, 5.74) is -1.35. The molecule has 2 atom stereocenters. The van der Waals surface area contributed by atoms with E-state index in [0.717, 1.165) is 12.8 Å². The fourth-order valence-corrected chi connectivity index (χ4v) is 6.19. The van der Waals surface area contributed by atoms with Gasteiger partial charge in [0.2, 0.25) is 12.2 Å². The number of aliphatic carboxylic acids is 1. The Kier molecular flexibility index (Phi) is 13.9. The largest absolute Gasteiger partial charge is 0.481 e. The molecule has 0 aromatic rings. The maximum atomic E-state index is 13.7. The fourth-order valence-electron chi connectivity index (χ4n) is 6.19. The number of carboxylic acids is 1. The van der Waals surface area contributed by atoms with Gasteiger partial charge in [0.25, 0.3) is 0 Å². The number of amides is 1. The quantitative estimate of drug-likeness (QED) is 0.146. The van der Waals surface area contributed by atoms with E-state index in [0.29, 0.717) is 71.0 Å². The zero-order valence-corrected chi connectivity index (χ0v) is 25.1. The number of ether oxygens (including phenoxy) is 4. The number of methoxy groups -OCH3 is 1. The summed E-state index contributed by atoms with van der Waals surface area (Å²) in [5.74, 6) is -2.89. The summed E-state index contributed by atoms with van der Waals surface area (Å²) in [6.45, 7) is 8.10.